The van der Waals surface area contributed by atoms with Crippen molar-refractivity contribution in [2.45, 2.75) is 39.5 Å². The van der Waals surface area contributed by atoms with Crippen molar-refractivity contribution >= 4 is 21.9 Å². The van der Waals surface area contributed by atoms with E-state index in [9.17, 15) is 18.0 Å². The Morgan fingerprint density at radius 3 is 2.29 bits per heavy atom. The number of sulfonamides is 1. The predicted octanol–water partition coefficient (Wildman–Crippen LogP) is 0.576. The first-order valence-corrected chi connectivity index (χ1v) is 7.29. The molecule has 0 atom stereocenters. The van der Waals surface area contributed by atoms with Crippen LogP contribution in [0.4, 0.5) is 0 Å². The molecule has 1 amide bonds. The quantitative estimate of drug-likeness (QED) is 0.413. The summed E-state index contributed by atoms with van der Waals surface area (Å²) in [5.41, 5.74) is 0. The SMILES string of the molecule is CCCCCCS(=O)(=O)NC(=O)C(=O)OCC. The van der Waals surface area contributed by atoms with Gasteiger partial charge in [0.05, 0.1) is 12.4 Å². The van der Waals surface area contributed by atoms with Crippen molar-refractivity contribution in [3.63, 3.8) is 0 Å². The summed E-state index contributed by atoms with van der Waals surface area (Å²) in [6.45, 7) is 3.57. The number of unbranched alkanes of at least 4 members (excludes halogenated alkanes) is 3. The maximum absolute atomic E-state index is 11.4. The Balaban J connectivity index is 4.08. The molecule has 0 heterocycles. The van der Waals surface area contributed by atoms with E-state index < -0.39 is 21.9 Å². The lowest BCUT2D eigenvalue weighted by atomic mass is 10.2. The van der Waals surface area contributed by atoms with E-state index >= 15 is 0 Å². The Labute approximate surface area is 102 Å². The van der Waals surface area contributed by atoms with Gasteiger partial charge >= 0.3 is 11.9 Å². The van der Waals surface area contributed by atoms with Crippen molar-refractivity contribution in [3.8, 4) is 0 Å². The van der Waals surface area contributed by atoms with Crippen molar-refractivity contribution in [2.75, 3.05) is 12.4 Å². The molecule has 0 rings (SSSR count). The van der Waals surface area contributed by atoms with Crippen LogP contribution in [0, 0.1) is 0 Å². The topological polar surface area (TPSA) is 89.5 Å². The zero-order valence-electron chi connectivity index (χ0n) is 10.2. The Hall–Kier alpha value is -1.11. The number of ether oxygens (including phenoxy) is 1. The second-order valence-electron chi connectivity index (χ2n) is 3.53. The van der Waals surface area contributed by atoms with Crippen LogP contribution < -0.4 is 4.72 Å². The zero-order chi connectivity index (χ0) is 13.3. The minimum atomic E-state index is -3.72. The van der Waals surface area contributed by atoms with Crippen molar-refractivity contribution in [3.05, 3.63) is 0 Å². The van der Waals surface area contributed by atoms with E-state index in [1.54, 1.807) is 4.72 Å². The first-order chi connectivity index (χ1) is 7.93. The van der Waals surface area contributed by atoms with E-state index in [4.69, 9.17) is 0 Å². The van der Waals surface area contributed by atoms with E-state index in [2.05, 4.69) is 4.74 Å². The number of amides is 1. The number of carbonyl (C=O) groups is 2. The lowest BCUT2D eigenvalue weighted by molar-refractivity contribution is -0.153. The van der Waals surface area contributed by atoms with E-state index in [1.165, 1.54) is 6.92 Å². The van der Waals surface area contributed by atoms with Crippen molar-refractivity contribution in [2.24, 2.45) is 0 Å². The molecule has 0 fully saturated rings. The number of esters is 1. The number of carbonyl (C=O) groups excluding carboxylic acids is 2. The fourth-order valence-corrected chi connectivity index (χ4v) is 2.20. The fraction of sp³-hybridized carbons (Fsp3) is 0.800. The van der Waals surface area contributed by atoms with Gasteiger partial charge < -0.3 is 4.74 Å². The van der Waals surface area contributed by atoms with E-state index in [0.29, 0.717) is 6.42 Å². The van der Waals surface area contributed by atoms with E-state index in [-0.39, 0.29) is 12.4 Å². The second-order valence-corrected chi connectivity index (χ2v) is 5.37. The smallest absolute Gasteiger partial charge is 0.397 e. The molecule has 0 aliphatic heterocycles. The highest BCUT2D eigenvalue weighted by atomic mass is 32.2. The first kappa shape index (κ1) is 15.9. The molecule has 100 valence electrons. The summed E-state index contributed by atoms with van der Waals surface area (Å²) >= 11 is 0. The van der Waals surface area contributed by atoms with Crippen LogP contribution >= 0.6 is 0 Å². The van der Waals surface area contributed by atoms with Gasteiger partial charge in [-0.2, -0.15) is 0 Å². The highest BCUT2D eigenvalue weighted by molar-refractivity contribution is 7.90. The number of nitrogens with one attached hydrogen (secondary N) is 1. The van der Waals surface area contributed by atoms with Gasteiger partial charge in [0.1, 0.15) is 0 Å². The third kappa shape index (κ3) is 7.73. The third-order valence-corrected chi connectivity index (χ3v) is 3.30. The summed E-state index contributed by atoms with van der Waals surface area (Å²) in [4.78, 5) is 22.0. The lowest BCUT2D eigenvalue weighted by Gasteiger charge is -2.05. The summed E-state index contributed by atoms with van der Waals surface area (Å²) in [6, 6.07) is 0. The Bertz CT molecular complexity index is 350. The van der Waals surface area contributed by atoms with Crippen molar-refractivity contribution in [1.29, 1.82) is 0 Å². The van der Waals surface area contributed by atoms with Gasteiger partial charge in [-0.05, 0) is 13.3 Å². The molecule has 0 radical (unpaired) electrons. The molecule has 0 saturated heterocycles. The van der Waals surface area contributed by atoms with Crippen LogP contribution in [0.15, 0.2) is 0 Å². The van der Waals surface area contributed by atoms with Gasteiger partial charge in [-0.1, -0.05) is 26.2 Å². The molecule has 6 nitrogen and oxygen atoms in total. The van der Waals surface area contributed by atoms with E-state index in [0.717, 1.165) is 19.3 Å². The van der Waals surface area contributed by atoms with Crippen LogP contribution in [-0.4, -0.2) is 32.7 Å². The molecular weight excluding hydrogens is 246 g/mol. The molecule has 7 heteroatoms. The van der Waals surface area contributed by atoms with Crippen LogP contribution in [0.5, 0.6) is 0 Å². The Kier molecular flexibility index (Phi) is 7.53. The molecule has 0 aromatic heterocycles. The summed E-state index contributed by atoms with van der Waals surface area (Å²) in [5, 5.41) is 0. The summed E-state index contributed by atoms with van der Waals surface area (Å²) in [6.07, 6.45) is 3.20. The summed E-state index contributed by atoms with van der Waals surface area (Å²) in [7, 11) is -3.72. The van der Waals surface area contributed by atoms with Gasteiger partial charge in [0.15, 0.2) is 0 Å². The molecule has 0 aromatic rings. The van der Waals surface area contributed by atoms with Crippen LogP contribution in [0.3, 0.4) is 0 Å². The monoisotopic (exact) mass is 265 g/mol. The molecule has 0 bridgehead atoms. The minimum Gasteiger partial charge on any atom is -0.459 e. The molecule has 0 saturated carbocycles. The summed E-state index contributed by atoms with van der Waals surface area (Å²) < 4.78 is 28.8. The minimum absolute atomic E-state index is 0.0306. The van der Waals surface area contributed by atoms with Gasteiger partial charge in [-0.3, -0.25) is 4.79 Å². The molecule has 17 heavy (non-hydrogen) atoms. The standard InChI is InChI=1S/C10H19NO5S/c1-3-5-6-7-8-17(14,15)11-9(12)10(13)16-4-2/h3-8H2,1-2H3,(H,11,12). The lowest BCUT2D eigenvalue weighted by Crippen LogP contribution is -2.38. The normalized spacial score (nSPS) is 10.9. The molecule has 0 unspecified atom stereocenters. The maximum atomic E-state index is 11.4. The van der Waals surface area contributed by atoms with Crippen LogP contribution in [0.25, 0.3) is 0 Å². The van der Waals surface area contributed by atoms with Gasteiger partial charge in [0.2, 0.25) is 10.0 Å². The number of hydrogen-bond acceptors (Lipinski definition) is 5. The fourth-order valence-electron chi connectivity index (χ4n) is 1.15. The average molecular weight is 265 g/mol. The van der Waals surface area contributed by atoms with Crippen LogP contribution in [0.1, 0.15) is 39.5 Å². The zero-order valence-corrected chi connectivity index (χ0v) is 11.0. The predicted molar refractivity (Wildman–Crippen MR) is 62.7 cm³/mol. The van der Waals surface area contributed by atoms with Crippen molar-refractivity contribution in [1.82, 2.24) is 4.72 Å². The van der Waals surface area contributed by atoms with Gasteiger partial charge in [0, 0.05) is 0 Å². The highest BCUT2D eigenvalue weighted by Gasteiger charge is 2.21. The largest absolute Gasteiger partial charge is 0.459 e. The van der Waals surface area contributed by atoms with E-state index in [1.807, 2.05) is 6.92 Å². The maximum Gasteiger partial charge on any atom is 0.397 e. The highest BCUT2D eigenvalue weighted by Crippen LogP contribution is 2.01. The average Bonchev–Trinajstić information content (AvgIpc) is 2.24. The van der Waals surface area contributed by atoms with Gasteiger partial charge in [-0.15, -0.1) is 0 Å². The molecular formula is C10H19NO5S. The molecule has 0 aromatic carbocycles. The van der Waals surface area contributed by atoms with Gasteiger partial charge in [-0.25, -0.2) is 17.9 Å². The number of hydrogen-bond donors (Lipinski definition) is 1. The van der Waals surface area contributed by atoms with Crippen LogP contribution in [-0.2, 0) is 24.3 Å². The van der Waals surface area contributed by atoms with Gasteiger partial charge in [0.25, 0.3) is 0 Å². The molecule has 0 spiro atoms. The second kappa shape index (κ2) is 8.05. The van der Waals surface area contributed by atoms with Crippen molar-refractivity contribution < 1.29 is 22.7 Å². The molecule has 1 N–H and O–H groups in total. The molecule has 0 aliphatic rings. The van der Waals surface area contributed by atoms with Crippen LogP contribution in [0.2, 0.25) is 0 Å². The summed E-state index contributed by atoms with van der Waals surface area (Å²) in [5.74, 6) is -2.56. The Morgan fingerprint density at radius 1 is 1.12 bits per heavy atom. The Morgan fingerprint density at radius 2 is 1.76 bits per heavy atom. The molecule has 0 aliphatic carbocycles. The first-order valence-electron chi connectivity index (χ1n) is 5.64. The third-order valence-electron chi connectivity index (χ3n) is 1.98. The number of rotatable bonds is 7.